The van der Waals surface area contributed by atoms with Crippen molar-refractivity contribution in [3.05, 3.63) is 59.7 Å². The fraction of sp³-hybridized carbons (Fsp3) is 0.273. The summed E-state index contributed by atoms with van der Waals surface area (Å²) in [5.41, 5.74) is 2.68. The molecule has 2 atom stereocenters. The van der Waals surface area contributed by atoms with E-state index in [2.05, 4.69) is 5.32 Å². The van der Waals surface area contributed by atoms with E-state index in [1.54, 1.807) is 17.9 Å². The Labute approximate surface area is 168 Å². The number of esters is 1. The second-order valence-electron chi connectivity index (χ2n) is 6.90. The van der Waals surface area contributed by atoms with E-state index < -0.39 is 18.0 Å². The number of carbonyl (C=O) groups is 3. The summed E-state index contributed by atoms with van der Waals surface area (Å²) in [6.45, 7) is 3.52. The topological polar surface area (TPSA) is 99.5 Å². The molecule has 2 aromatic rings. The SMILES string of the molecule is C[C@H](OC(=O)c1ccc(NC(=O)CC#N)cc1)C(=O)N1c2ccccc2C[C@@H]1C. The van der Waals surface area contributed by atoms with Crippen molar-refractivity contribution in [1.29, 1.82) is 5.26 Å². The van der Waals surface area contributed by atoms with Gasteiger partial charge in [0.1, 0.15) is 6.42 Å². The van der Waals surface area contributed by atoms with Gasteiger partial charge in [-0.2, -0.15) is 5.26 Å². The molecule has 0 spiro atoms. The molecule has 0 aliphatic carbocycles. The van der Waals surface area contributed by atoms with E-state index in [0.717, 1.165) is 17.7 Å². The van der Waals surface area contributed by atoms with Crippen molar-refractivity contribution in [3.63, 3.8) is 0 Å². The molecule has 29 heavy (non-hydrogen) atoms. The molecular formula is C22H21N3O4. The number of anilines is 2. The zero-order valence-corrected chi connectivity index (χ0v) is 16.2. The van der Waals surface area contributed by atoms with Gasteiger partial charge in [0.15, 0.2) is 6.10 Å². The second kappa shape index (κ2) is 8.57. The van der Waals surface area contributed by atoms with Crippen molar-refractivity contribution in [1.82, 2.24) is 0 Å². The Balaban J connectivity index is 1.64. The smallest absolute Gasteiger partial charge is 0.338 e. The third kappa shape index (κ3) is 4.43. The zero-order chi connectivity index (χ0) is 21.0. The third-order valence-electron chi connectivity index (χ3n) is 4.72. The van der Waals surface area contributed by atoms with Crippen LogP contribution >= 0.6 is 0 Å². The average molecular weight is 391 g/mol. The largest absolute Gasteiger partial charge is 0.449 e. The molecule has 148 valence electrons. The summed E-state index contributed by atoms with van der Waals surface area (Å²) in [5.74, 6) is -1.32. The summed E-state index contributed by atoms with van der Waals surface area (Å²) in [7, 11) is 0. The van der Waals surface area contributed by atoms with Crippen LogP contribution in [0.5, 0.6) is 0 Å². The number of benzene rings is 2. The molecule has 3 rings (SSSR count). The van der Waals surface area contributed by atoms with Crippen LogP contribution in [-0.4, -0.2) is 29.9 Å². The van der Waals surface area contributed by atoms with Crippen molar-refractivity contribution >= 4 is 29.2 Å². The van der Waals surface area contributed by atoms with E-state index in [4.69, 9.17) is 10.00 Å². The van der Waals surface area contributed by atoms with Gasteiger partial charge in [0.2, 0.25) is 5.91 Å². The normalized spacial score (nSPS) is 15.8. The predicted octanol–water partition coefficient (Wildman–Crippen LogP) is 3.06. The Bertz CT molecular complexity index is 978. The predicted molar refractivity (Wildman–Crippen MR) is 107 cm³/mol. The number of hydrogen-bond acceptors (Lipinski definition) is 5. The minimum absolute atomic E-state index is 0.00245. The molecule has 0 bridgehead atoms. The lowest BCUT2D eigenvalue weighted by molar-refractivity contribution is -0.126. The molecule has 1 aliphatic heterocycles. The van der Waals surface area contributed by atoms with E-state index in [1.807, 2.05) is 31.2 Å². The van der Waals surface area contributed by atoms with Gasteiger partial charge in [-0.15, -0.1) is 0 Å². The number of hydrogen-bond donors (Lipinski definition) is 1. The highest BCUT2D eigenvalue weighted by atomic mass is 16.5. The summed E-state index contributed by atoms with van der Waals surface area (Å²) < 4.78 is 5.37. The molecule has 0 aromatic heterocycles. The van der Waals surface area contributed by atoms with Gasteiger partial charge in [-0.25, -0.2) is 4.79 Å². The lowest BCUT2D eigenvalue weighted by atomic mass is 10.1. The van der Waals surface area contributed by atoms with Gasteiger partial charge < -0.3 is 15.0 Å². The summed E-state index contributed by atoms with van der Waals surface area (Å²) in [6, 6.07) is 15.5. The van der Waals surface area contributed by atoms with Gasteiger partial charge in [0.05, 0.1) is 11.6 Å². The number of carbonyl (C=O) groups excluding carboxylic acids is 3. The quantitative estimate of drug-likeness (QED) is 0.790. The first-order valence-corrected chi connectivity index (χ1v) is 9.29. The summed E-state index contributed by atoms with van der Waals surface area (Å²) in [5, 5.41) is 11.1. The Kier molecular flexibility index (Phi) is 5.93. The first kappa shape index (κ1) is 20.1. The maximum absolute atomic E-state index is 12.9. The van der Waals surface area contributed by atoms with Crippen molar-refractivity contribution in [3.8, 4) is 6.07 Å². The summed E-state index contributed by atoms with van der Waals surface area (Å²) >= 11 is 0. The van der Waals surface area contributed by atoms with Crippen LogP contribution in [-0.2, 0) is 20.7 Å². The maximum atomic E-state index is 12.9. The minimum Gasteiger partial charge on any atom is -0.449 e. The number of rotatable bonds is 5. The highest BCUT2D eigenvalue weighted by Gasteiger charge is 2.34. The van der Waals surface area contributed by atoms with Crippen molar-refractivity contribution in [2.75, 3.05) is 10.2 Å². The van der Waals surface area contributed by atoms with E-state index >= 15 is 0 Å². The number of nitriles is 1. The second-order valence-corrected chi connectivity index (χ2v) is 6.90. The molecule has 1 N–H and O–H groups in total. The van der Waals surface area contributed by atoms with Crippen LogP contribution in [0.4, 0.5) is 11.4 Å². The highest BCUT2D eigenvalue weighted by molar-refractivity contribution is 6.01. The third-order valence-corrected chi connectivity index (χ3v) is 4.72. The van der Waals surface area contributed by atoms with Crippen molar-refractivity contribution < 1.29 is 19.1 Å². The zero-order valence-electron chi connectivity index (χ0n) is 16.2. The molecular weight excluding hydrogens is 370 g/mol. The van der Waals surface area contributed by atoms with Crippen LogP contribution in [0.25, 0.3) is 0 Å². The van der Waals surface area contributed by atoms with E-state index in [0.29, 0.717) is 5.69 Å². The fourth-order valence-corrected chi connectivity index (χ4v) is 3.34. The highest BCUT2D eigenvalue weighted by Crippen LogP contribution is 2.32. The van der Waals surface area contributed by atoms with Crippen LogP contribution in [0.15, 0.2) is 48.5 Å². The van der Waals surface area contributed by atoms with Gasteiger partial charge in [-0.05, 0) is 56.2 Å². The minimum atomic E-state index is -0.939. The summed E-state index contributed by atoms with van der Waals surface area (Å²) in [4.78, 5) is 38.4. The van der Waals surface area contributed by atoms with Crippen molar-refractivity contribution in [2.45, 2.75) is 38.8 Å². The molecule has 2 amide bonds. The molecule has 0 saturated carbocycles. The van der Waals surface area contributed by atoms with E-state index in [-0.39, 0.29) is 23.9 Å². The van der Waals surface area contributed by atoms with Crippen LogP contribution in [0.1, 0.15) is 36.2 Å². The maximum Gasteiger partial charge on any atom is 0.338 e. The lowest BCUT2D eigenvalue weighted by Gasteiger charge is -2.26. The van der Waals surface area contributed by atoms with Gasteiger partial charge in [-0.3, -0.25) is 9.59 Å². The molecule has 0 fully saturated rings. The van der Waals surface area contributed by atoms with Crippen LogP contribution in [0.2, 0.25) is 0 Å². The molecule has 0 unspecified atom stereocenters. The van der Waals surface area contributed by atoms with Crippen LogP contribution in [0, 0.1) is 11.3 Å². The Morgan fingerprint density at radius 2 is 1.90 bits per heavy atom. The molecule has 2 aromatic carbocycles. The number of nitrogens with zero attached hydrogens (tertiary/aromatic N) is 2. The first-order valence-electron chi connectivity index (χ1n) is 9.29. The van der Waals surface area contributed by atoms with Crippen molar-refractivity contribution in [2.24, 2.45) is 0 Å². The molecule has 7 nitrogen and oxygen atoms in total. The molecule has 1 aliphatic rings. The Morgan fingerprint density at radius 1 is 1.21 bits per heavy atom. The Morgan fingerprint density at radius 3 is 2.59 bits per heavy atom. The molecule has 7 heteroatoms. The molecule has 0 saturated heterocycles. The first-order chi connectivity index (χ1) is 13.9. The number of fused-ring (bicyclic) bond motifs is 1. The van der Waals surface area contributed by atoms with E-state index in [9.17, 15) is 14.4 Å². The number of para-hydroxylation sites is 1. The monoisotopic (exact) mass is 391 g/mol. The van der Waals surface area contributed by atoms with E-state index in [1.165, 1.54) is 24.3 Å². The lowest BCUT2D eigenvalue weighted by Crippen LogP contribution is -2.43. The van der Waals surface area contributed by atoms with Crippen LogP contribution in [0.3, 0.4) is 0 Å². The van der Waals surface area contributed by atoms with Crippen LogP contribution < -0.4 is 10.2 Å². The van der Waals surface area contributed by atoms with Gasteiger partial charge >= 0.3 is 5.97 Å². The van der Waals surface area contributed by atoms with Gasteiger partial charge in [0, 0.05) is 17.4 Å². The molecule has 0 radical (unpaired) electrons. The number of amides is 2. The summed E-state index contributed by atoms with van der Waals surface area (Å²) in [6.07, 6.45) is -0.422. The average Bonchev–Trinajstić information content (AvgIpc) is 3.03. The number of ether oxygens (including phenoxy) is 1. The van der Waals surface area contributed by atoms with Gasteiger partial charge in [-0.1, -0.05) is 18.2 Å². The number of nitrogens with one attached hydrogen (secondary N) is 1. The standard InChI is InChI=1S/C22H21N3O4/c1-14-13-17-5-3-4-6-19(17)25(14)21(27)15(2)29-22(28)16-7-9-18(10-8-16)24-20(26)11-12-23/h3-10,14-15H,11,13H2,1-2H3,(H,24,26)/t14-,15-/m0/s1. The Hall–Kier alpha value is -3.66. The van der Waals surface area contributed by atoms with Gasteiger partial charge in [0.25, 0.3) is 5.91 Å². The fourth-order valence-electron chi connectivity index (χ4n) is 3.34. The molecule has 1 heterocycles.